The van der Waals surface area contributed by atoms with E-state index in [0.29, 0.717) is 93.3 Å². The van der Waals surface area contributed by atoms with Crippen molar-refractivity contribution in [3.05, 3.63) is 121 Å². The molecule has 7 heterocycles. The third kappa shape index (κ3) is 10.9. The van der Waals surface area contributed by atoms with Crippen molar-refractivity contribution in [1.82, 2.24) is 43.9 Å². The largest absolute Gasteiger partial charge is 0.508 e. The number of hydrogen-bond donors (Lipinski definition) is 4. The summed E-state index contributed by atoms with van der Waals surface area (Å²) in [6.07, 6.45) is 7.83. The van der Waals surface area contributed by atoms with Crippen LogP contribution < -0.4 is 20.9 Å². The average molecular weight is 944 g/mol. The van der Waals surface area contributed by atoms with Gasteiger partial charge in [-0.05, 0) is 85.6 Å². The number of ether oxygens (including phenoxy) is 2. The highest BCUT2D eigenvalue weighted by Crippen LogP contribution is 2.32. The van der Waals surface area contributed by atoms with Crippen molar-refractivity contribution in [3.8, 4) is 34.0 Å². The second-order valence-corrected chi connectivity index (χ2v) is 17.8. The molecule has 3 fully saturated rings. The molecular formula is C52H57N13O5. The zero-order valence-corrected chi connectivity index (χ0v) is 39.0. The van der Waals surface area contributed by atoms with Crippen LogP contribution in [0.1, 0.15) is 36.8 Å². The number of carbonyl (C=O) groups excluding carboxylic acids is 1. The molecule has 0 atom stereocenters. The molecule has 3 saturated heterocycles. The number of nitrogens with one attached hydrogen (secondary N) is 1. The molecule has 1 amide bonds. The van der Waals surface area contributed by atoms with E-state index in [1.54, 1.807) is 49.1 Å². The molecule has 5 N–H and O–H groups in total. The highest BCUT2D eigenvalue weighted by Gasteiger charge is 2.23. The number of benzene rings is 4. The van der Waals surface area contributed by atoms with Crippen molar-refractivity contribution >= 4 is 51.5 Å². The molecule has 11 rings (SSSR count). The second kappa shape index (κ2) is 21.3. The van der Waals surface area contributed by atoms with Gasteiger partial charge >= 0.3 is 0 Å². The summed E-state index contributed by atoms with van der Waals surface area (Å²) in [6, 6.07) is 29.8. The monoisotopic (exact) mass is 943 g/mol. The number of fused-ring (bicyclic) bond motifs is 2. The highest BCUT2D eigenvalue weighted by atomic mass is 16.5. The smallest absolute Gasteiger partial charge is 0.228 e. The zero-order valence-electron chi connectivity index (χ0n) is 39.0. The number of carbonyl (C=O) groups is 1. The molecule has 3 aliphatic rings. The molecule has 4 aromatic carbocycles. The maximum absolute atomic E-state index is 12.5. The minimum Gasteiger partial charge on any atom is -0.508 e. The van der Waals surface area contributed by atoms with Crippen molar-refractivity contribution in [2.75, 3.05) is 93.1 Å². The predicted octanol–water partition coefficient (Wildman–Crippen LogP) is 6.56. The van der Waals surface area contributed by atoms with Gasteiger partial charge in [-0.2, -0.15) is 9.97 Å². The lowest BCUT2D eigenvalue weighted by Crippen LogP contribution is -2.37. The SMILES string of the molecule is Nc1ccc(Cn2cnc3c(-c4cccc(O)c4)nc(N4CCOCC4)nc32)cc1.O=C(CCN1CCCCC1)Nc1ccc(Cn2cnc3c(-c4cccc(O)c4)nc(N4CCOCC4)nc32)cc1. The number of phenolic OH excluding ortho intramolecular Hbond substituents is 2. The number of piperidine rings is 1. The van der Waals surface area contributed by atoms with Gasteiger partial charge in [0, 0.05) is 61.6 Å². The first-order valence-electron chi connectivity index (χ1n) is 24.0. The van der Waals surface area contributed by atoms with Crippen LogP contribution in [0, 0.1) is 0 Å². The quantitative estimate of drug-likeness (QED) is 0.0956. The summed E-state index contributed by atoms with van der Waals surface area (Å²) in [5.74, 6) is 1.68. The number of rotatable bonds is 12. The van der Waals surface area contributed by atoms with Crippen LogP contribution in [0.2, 0.25) is 0 Å². The zero-order chi connectivity index (χ0) is 47.8. The molecule has 360 valence electrons. The van der Waals surface area contributed by atoms with E-state index in [1.807, 2.05) is 69.8 Å². The maximum atomic E-state index is 12.5. The lowest BCUT2D eigenvalue weighted by atomic mass is 10.1. The fraction of sp³-hybridized carbons (Fsp3) is 0.327. The van der Waals surface area contributed by atoms with Crippen LogP contribution in [-0.4, -0.2) is 132 Å². The molecule has 0 radical (unpaired) electrons. The number of morpholine rings is 2. The van der Waals surface area contributed by atoms with Gasteiger partial charge in [-0.1, -0.05) is 55.0 Å². The van der Waals surface area contributed by atoms with E-state index in [-0.39, 0.29) is 17.4 Å². The van der Waals surface area contributed by atoms with Crippen LogP contribution in [0.15, 0.2) is 110 Å². The van der Waals surface area contributed by atoms with Gasteiger partial charge in [0.25, 0.3) is 0 Å². The first-order chi connectivity index (χ1) is 34.3. The summed E-state index contributed by atoms with van der Waals surface area (Å²) in [5, 5.41) is 23.1. The minimum atomic E-state index is 0.0470. The van der Waals surface area contributed by atoms with E-state index >= 15 is 0 Å². The van der Waals surface area contributed by atoms with E-state index < -0.39 is 0 Å². The molecule has 18 heteroatoms. The van der Waals surface area contributed by atoms with Gasteiger partial charge in [-0.3, -0.25) is 4.79 Å². The van der Waals surface area contributed by atoms with Crippen molar-refractivity contribution in [2.45, 2.75) is 38.8 Å². The van der Waals surface area contributed by atoms with Crippen LogP contribution in [0.5, 0.6) is 11.5 Å². The molecule has 0 saturated carbocycles. The van der Waals surface area contributed by atoms with E-state index in [0.717, 1.165) is 77.6 Å². The van der Waals surface area contributed by atoms with Crippen molar-refractivity contribution in [1.29, 1.82) is 0 Å². The van der Waals surface area contributed by atoms with Crippen LogP contribution in [0.4, 0.5) is 23.3 Å². The molecule has 70 heavy (non-hydrogen) atoms. The van der Waals surface area contributed by atoms with E-state index in [4.69, 9.17) is 35.1 Å². The molecule has 0 bridgehead atoms. The van der Waals surface area contributed by atoms with Crippen LogP contribution in [0.25, 0.3) is 44.8 Å². The lowest BCUT2D eigenvalue weighted by Gasteiger charge is -2.27. The summed E-state index contributed by atoms with van der Waals surface area (Å²) in [7, 11) is 0. The molecule has 0 spiro atoms. The predicted molar refractivity (Wildman–Crippen MR) is 270 cm³/mol. The topological polar surface area (TPSA) is 211 Å². The van der Waals surface area contributed by atoms with Crippen molar-refractivity contribution < 1.29 is 24.5 Å². The summed E-state index contributed by atoms with van der Waals surface area (Å²) in [6.45, 7) is 9.64. The van der Waals surface area contributed by atoms with Crippen LogP contribution in [0.3, 0.4) is 0 Å². The fourth-order valence-corrected chi connectivity index (χ4v) is 8.99. The highest BCUT2D eigenvalue weighted by molar-refractivity contribution is 5.91. The first-order valence-corrected chi connectivity index (χ1v) is 24.0. The minimum absolute atomic E-state index is 0.0470. The molecule has 18 nitrogen and oxygen atoms in total. The molecule has 0 unspecified atom stereocenters. The van der Waals surface area contributed by atoms with Gasteiger partial charge in [-0.15, -0.1) is 0 Å². The van der Waals surface area contributed by atoms with E-state index in [1.165, 1.54) is 19.3 Å². The van der Waals surface area contributed by atoms with Gasteiger partial charge in [0.15, 0.2) is 11.3 Å². The number of phenols is 2. The Kier molecular flexibility index (Phi) is 14.0. The van der Waals surface area contributed by atoms with Crippen molar-refractivity contribution in [2.24, 2.45) is 0 Å². The number of hydrogen-bond acceptors (Lipinski definition) is 15. The Labute approximate surface area is 405 Å². The molecule has 8 aromatic rings. The van der Waals surface area contributed by atoms with Gasteiger partial charge in [-0.25, -0.2) is 19.9 Å². The summed E-state index contributed by atoms with van der Waals surface area (Å²) < 4.78 is 15.0. The normalized spacial score (nSPS) is 15.5. The Morgan fingerprint density at radius 1 is 0.600 bits per heavy atom. The standard InChI is InChI=1S/C30H35N7O3.C22H22N6O2/c38-25-6-4-5-23(19-25)27-28-29(34-30(33-27)36-15-17-40-18-16-36)37(21-31-28)20-22-7-9-24(10-8-22)32-26(39)11-14-35-12-2-1-3-13-35;23-17-6-4-15(5-7-17)13-28-14-24-20-19(16-2-1-3-18(29)12-16)25-22(26-21(20)28)27-8-10-30-11-9-27/h4-10,19,21,38H,1-3,11-18,20H2,(H,32,39);1-7,12,14,29H,8-11,13,23H2. The maximum Gasteiger partial charge on any atom is 0.228 e. The third-order valence-corrected chi connectivity index (χ3v) is 12.8. The van der Waals surface area contributed by atoms with Gasteiger partial charge in [0.1, 0.15) is 33.9 Å². The first kappa shape index (κ1) is 46.1. The van der Waals surface area contributed by atoms with E-state index in [2.05, 4.69) is 30.0 Å². The second-order valence-electron chi connectivity index (χ2n) is 17.8. The van der Waals surface area contributed by atoms with Gasteiger partial charge < -0.3 is 54.6 Å². The molecule has 4 aromatic heterocycles. The number of nitrogen functional groups attached to an aromatic ring is 1. The number of likely N-dealkylation sites (tertiary alicyclic amines) is 1. The third-order valence-electron chi connectivity index (χ3n) is 12.8. The number of anilines is 4. The Balaban J connectivity index is 0.000000169. The number of aromatic nitrogens is 8. The number of aromatic hydroxyl groups is 2. The Hall–Kier alpha value is -7.67. The van der Waals surface area contributed by atoms with Crippen molar-refractivity contribution in [3.63, 3.8) is 0 Å². The number of nitrogens with two attached hydrogens (primary N) is 1. The molecule has 3 aliphatic heterocycles. The Bertz CT molecular complexity index is 3050. The van der Waals surface area contributed by atoms with Crippen LogP contribution in [-0.2, 0) is 27.4 Å². The summed E-state index contributed by atoms with van der Waals surface area (Å²) in [5.41, 5.74) is 15.3. The lowest BCUT2D eigenvalue weighted by molar-refractivity contribution is -0.116. The van der Waals surface area contributed by atoms with Crippen LogP contribution >= 0.6 is 0 Å². The Morgan fingerprint density at radius 3 is 1.57 bits per heavy atom. The number of nitrogens with zero attached hydrogens (tertiary/aromatic N) is 11. The van der Waals surface area contributed by atoms with E-state index in [9.17, 15) is 15.0 Å². The summed E-state index contributed by atoms with van der Waals surface area (Å²) in [4.78, 5) is 47.9. The molecule has 0 aliphatic carbocycles. The average Bonchev–Trinajstić information content (AvgIpc) is 4.00. The summed E-state index contributed by atoms with van der Waals surface area (Å²) >= 11 is 0. The molecular weight excluding hydrogens is 887 g/mol. The fourth-order valence-electron chi connectivity index (χ4n) is 8.99. The number of amides is 1. The Morgan fingerprint density at radius 2 is 1.09 bits per heavy atom. The van der Waals surface area contributed by atoms with Gasteiger partial charge in [0.2, 0.25) is 17.8 Å². The van der Waals surface area contributed by atoms with Gasteiger partial charge in [0.05, 0.1) is 52.2 Å². The number of imidazole rings is 2.